The number of aryl methyl sites for hydroxylation is 1. The number of nitrogens with zero attached hydrogens (tertiary/aromatic N) is 1. The van der Waals surface area contributed by atoms with Crippen LogP contribution in [0.1, 0.15) is 33.5 Å². The second-order valence-corrected chi connectivity index (χ2v) is 7.37. The van der Waals surface area contributed by atoms with Crippen molar-refractivity contribution in [1.82, 2.24) is 10.7 Å². The average molecular weight is 446 g/mol. The van der Waals surface area contributed by atoms with Crippen molar-refractivity contribution in [2.45, 2.75) is 20.0 Å². The molecule has 0 spiro atoms. The molecule has 7 heteroatoms. The maximum absolute atomic E-state index is 12.1. The van der Waals surface area contributed by atoms with Gasteiger partial charge in [-0.15, -0.1) is 0 Å². The summed E-state index contributed by atoms with van der Waals surface area (Å²) in [6.45, 7) is 2.76. The minimum absolute atomic E-state index is 0.116. The molecule has 0 saturated heterocycles. The summed E-state index contributed by atoms with van der Waals surface area (Å²) in [6.07, 6.45) is 1.67. The molecule has 0 aliphatic rings. The summed E-state index contributed by atoms with van der Waals surface area (Å²) in [5.74, 6) is 0.885. The van der Waals surface area contributed by atoms with Crippen LogP contribution >= 0.6 is 0 Å². The number of hydrazone groups is 1. The molecule has 0 bridgehead atoms. The minimum Gasteiger partial charge on any atom is -0.497 e. The Morgan fingerprint density at radius 2 is 1.58 bits per heavy atom. The highest BCUT2D eigenvalue weighted by atomic mass is 16.5. The molecule has 170 valence electrons. The molecule has 0 unspecified atom stereocenters. The Balaban J connectivity index is 1.36. The summed E-state index contributed by atoms with van der Waals surface area (Å²) >= 11 is 0. The number of hydrogen-bond donors (Lipinski definition) is 2. The molecule has 0 heterocycles. The van der Waals surface area contributed by atoms with Gasteiger partial charge in [0.25, 0.3) is 5.91 Å². The maximum Gasteiger partial charge on any atom is 0.251 e. The number of rotatable bonds is 10. The SMILES string of the molecule is COc1ccc(C(=O)NCCC(=O)NN=Cc2ccc(OCc3ccc(C)cc3)cc2)cc1. The van der Waals surface area contributed by atoms with Crippen molar-refractivity contribution >= 4 is 18.0 Å². The van der Waals surface area contributed by atoms with Crippen LogP contribution in [0, 0.1) is 6.92 Å². The molecule has 7 nitrogen and oxygen atoms in total. The number of hydrogen-bond acceptors (Lipinski definition) is 5. The van der Waals surface area contributed by atoms with E-state index >= 15 is 0 Å². The van der Waals surface area contributed by atoms with Crippen LogP contribution in [0.4, 0.5) is 0 Å². The standard InChI is InChI=1S/C26H27N3O4/c1-19-3-5-21(6-4-19)18-33-24-11-7-20(8-12-24)17-28-29-25(30)15-16-27-26(31)22-9-13-23(32-2)14-10-22/h3-14,17H,15-16,18H2,1-2H3,(H,27,31)(H,29,30). The highest BCUT2D eigenvalue weighted by molar-refractivity contribution is 5.94. The smallest absolute Gasteiger partial charge is 0.251 e. The largest absolute Gasteiger partial charge is 0.497 e. The summed E-state index contributed by atoms with van der Waals surface area (Å²) in [5.41, 5.74) is 6.10. The van der Waals surface area contributed by atoms with Crippen molar-refractivity contribution in [2.24, 2.45) is 5.10 Å². The van der Waals surface area contributed by atoms with Crippen LogP contribution in [-0.4, -0.2) is 31.7 Å². The van der Waals surface area contributed by atoms with Crippen LogP contribution in [0.15, 0.2) is 77.9 Å². The van der Waals surface area contributed by atoms with Crippen molar-refractivity contribution in [3.8, 4) is 11.5 Å². The Kier molecular flexibility index (Phi) is 8.59. The molecule has 0 aliphatic carbocycles. The van der Waals surface area contributed by atoms with Crippen LogP contribution < -0.4 is 20.2 Å². The van der Waals surface area contributed by atoms with Crippen LogP contribution in [0.5, 0.6) is 11.5 Å². The van der Waals surface area contributed by atoms with Crippen LogP contribution in [0.3, 0.4) is 0 Å². The van der Waals surface area contributed by atoms with Crippen molar-refractivity contribution in [2.75, 3.05) is 13.7 Å². The molecule has 2 amide bonds. The average Bonchev–Trinajstić information content (AvgIpc) is 2.84. The highest BCUT2D eigenvalue weighted by Gasteiger charge is 2.06. The van der Waals surface area contributed by atoms with E-state index in [-0.39, 0.29) is 24.8 Å². The lowest BCUT2D eigenvalue weighted by atomic mass is 10.2. The van der Waals surface area contributed by atoms with E-state index in [1.54, 1.807) is 37.6 Å². The Morgan fingerprint density at radius 1 is 0.909 bits per heavy atom. The number of carbonyl (C=O) groups excluding carboxylic acids is 2. The number of methoxy groups -OCH3 is 1. The summed E-state index contributed by atoms with van der Waals surface area (Å²) in [4.78, 5) is 24.0. The monoisotopic (exact) mass is 445 g/mol. The molecule has 3 aromatic rings. The minimum atomic E-state index is -0.292. The molecular formula is C26H27N3O4. The lowest BCUT2D eigenvalue weighted by Gasteiger charge is -2.07. The zero-order valence-electron chi connectivity index (χ0n) is 18.7. The number of amides is 2. The van der Waals surface area contributed by atoms with Gasteiger partial charge in [0.1, 0.15) is 18.1 Å². The van der Waals surface area contributed by atoms with Gasteiger partial charge in [-0.05, 0) is 66.6 Å². The lowest BCUT2D eigenvalue weighted by Crippen LogP contribution is -2.29. The predicted molar refractivity (Wildman–Crippen MR) is 128 cm³/mol. The van der Waals surface area contributed by atoms with Gasteiger partial charge in [0.05, 0.1) is 13.3 Å². The fourth-order valence-corrected chi connectivity index (χ4v) is 2.87. The van der Waals surface area contributed by atoms with Crippen LogP contribution in [-0.2, 0) is 11.4 Å². The zero-order valence-corrected chi connectivity index (χ0v) is 18.7. The Hall–Kier alpha value is -4.13. The predicted octanol–water partition coefficient (Wildman–Crippen LogP) is 3.85. The van der Waals surface area contributed by atoms with Crippen molar-refractivity contribution in [3.63, 3.8) is 0 Å². The van der Waals surface area contributed by atoms with Crippen molar-refractivity contribution in [1.29, 1.82) is 0 Å². The molecule has 0 saturated carbocycles. The Labute approximate surface area is 193 Å². The summed E-state index contributed by atoms with van der Waals surface area (Å²) in [7, 11) is 1.56. The van der Waals surface area contributed by atoms with E-state index in [2.05, 4.69) is 34.9 Å². The van der Waals surface area contributed by atoms with E-state index in [4.69, 9.17) is 9.47 Å². The summed E-state index contributed by atoms with van der Waals surface area (Å²) < 4.78 is 10.8. The molecule has 0 atom stereocenters. The first-order chi connectivity index (χ1) is 16.0. The summed E-state index contributed by atoms with van der Waals surface area (Å²) in [6, 6.07) is 22.4. The van der Waals surface area contributed by atoms with E-state index in [9.17, 15) is 9.59 Å². The van der Waals surface area contributed by atoms with E-state index in [1.807, 2.05) is 36.4 Å². The fraction of sp³-hybridized carbons (Fsp3) is 0.192. The first kappa shape index (κ1) is 23.5. The van der Waals surface area contributed by atoms with Gasteiger partial charge in [0.15, 0.2) is 0 Å². The van der Waals surface area contributed by atoms with E-state index in [0.29, 0.717) is 17.9 Å². The van der Waals surface area contributed by atoms with Gasteiger partial charge in [-0.2, -0.15) is 5.10 Å². The van der Waals surface area contributed by atoms with Gasteiger partial charge >= 0.3 is 0 Å². The van der Waals surface area contributed by atoms with Gasteiger partial charge in [0, 0.05) is 18.5 Å². The zero-order chi connectivity index (χ0) is 23.5. The summed E-state index contributed by atoms with van der Waals surface area (Å²) in [5, 5.41) is 6.66. The van der Waals surface area contributed by atoms with Gasteiger partial charge in [-0.25, -0.2) is 5.43 Å². The van der Waals surface area contributed by atoms with Gasteiger partial charge in [-0.1, -0.05) is 29.8 Å². The normalized spacial score (nSPS) is 10.6. The van der Waals surface area contributed by atoms with Crippen LogP contribution in [0.25, 0.3) is 0 Å². The number of carbonyl (C=O) groups is 2. The van der Waals surface area contributed by atoms with Gasteiger partial charge in [-0.3, -0.25) is 9.59 Å². The Morgan fingerprint density at radius 3 is 2.24 bits per heavy atom. The molecule has 3 rings (SSSR count). The van der Waals surface area contributed by atoms with Crippen molar-refractivity contribution < 1.29 is 19.1 Å². The van der Waals surface area contributed by atoms with E-state index < -0.39 is 0 Å². The third-order valence-electron chi connectivity index (χ3n) is 4.80. The van der Waals surface area contributed by atoms with Crippen molar-refractivity contribution in [3.05, 3.63) is 95.1 Å². The van der Waals surface area contributed by atoms with E-state index in [0.717, 1.165) is 16.9 Å². The van der Waals surface area contributed by atoms with Crippen LogP contribution in [0.2, 0.25) is 0 Å². The highest BCUT2D eigenvalue weighted by Crippen LogP contribution is 2.14. The second-order valence-electron chi connectivity index (χ2n) is 7.37. The third-order valence-corrected chi connectivity index (χ3v) is 4.80. The topological polar surface area (TPSA) is 89.0 Å². The molecular weight excluding hydrogens is 418 g/mol. The molecule has 33 heavy (non-hydrogen) atoms. The van der Waals surface area contributed by atoms with E-state index in [1.165, 1.54) is 5.56 Å². The first-order valence-electron chi connectivity index (χ1n) is 10.6. The Bertz CT molecular complexity index is 1080. The third kappa shape index (κ3) is 7.81. The number of nitrogens with one attached hydrogen (secondary N) is 2. The molecule has 3 aromatic carbocycles. The second kappa shape index (κ2) is 12.0. The van der Waals surface area contributed by atoms with Gasteiger partial charge in [0.2, 0.25) is 5.91 Å². The molecule has 0 radical (unpaired) electrons. The fourth-order valence-electron chi connectivity index (χ4n) is 2.87. The molecule has 0 fully saturated rings. The number of benzene rings is 3. The molecule has 0 aromatic heterocycles. The quantitative estimate of drug-likeness (QED) is 0.366. The van der Waals surface area contributed by atoms with Gasteiger partial charge < -0.3 is 14.8 Å². The maximum atomic E-state index is 12.1. The molecule has 2 N–H and O–H groups in total. The molecule has 0 aliphatic heterocycles. The number of ether oxygens (including phenoxy) is 2. The lowest BCUT2D eigenvalue weighted by molar-refractivity contribution is -0.120. The first-order valence-corrected chi connectivity index (χ1v) is 10.6.